The third-order valence-electron chi connectivity index (χ3n) is 5.85. The predicted octanol–water partition coefficient (Wildman–Crippen LogP) is 5.22. The normalized spacial score (nSPS) is 15.0. The Kier molecular flexibility index (Phi) is 7.03. The fourth-order valence-corrected chi connectivity index (χ4v) is 4.08. The molecule has 1 amide bonds. The van der Waals surface area contributed by atoms with Gasteiger partial charge < -0.3 is 5.32 Å². The summed E-state index contributed by atoms with van der Waals surface area (Å²) in [6.45, 7) is 8.11. The zero-order valence-electron chi connectivity index (χ0n) is 17.9. The highest BCUT2D eigenvalue weighted by atomic mass is 35.5. The molecule has 0 aromatic heterocycles. The van der Waals surface area contributed by atoms with Crippen molar-refractivity contribution in [2.45, 2.75) is 20.0 Å². The third kappa shape index (κ3) is 5.73. The maximum Gasteiger partial charge on any atom is 0.255 e. The molecule has 0 atom stereocenters. The van der Waals surface area contributed by atoms with Gasteiger partial charge in [-0.25, -0.2) is 0 Å². The second-order valence-corrected chi connectivity index (χ2v) is 8.51. The van der Waals surface area contributed by atoms with Crippen LogP contribution in [0.4, 0.5) is 5.69 Å². The lowest BCUT2D eigenvalue weighted by Crippen LogP contribution is -2.45. The Bertz CT molecular complexity index is 1010. The Balaban J connectivity index is 1.28. The molecule has 3 aromatic rings. The summed E-state index contributed by atoms with van der Waals surface area (Å²) in [7, 11) is 0. The molecule has 31 heavy (non-hydrogen) atoms. The molecule has 4 rings (SSSR count). The number of hydrogen-bond acceptors (Lipinski definition) is 3. The van der Waals surface area contributed by atoms with E-state index in [9.17, 15) is 4.79 Å². The molecule has 0 unspecified atom stereocenters. The number of amides is 1. The average Bonchev–Trinajstić information content (AvgIpc) is 2.79. The van der Waals surface area contributed by atoms with Gasteiger partial charge in [-0.3, -0.25) is 14.6 Å². The van der Waals surface area contributed by atoms with E-state index in [4.69, 9.17) is 11.6 Å². The molecule has 0 radical (unpaired) electrons. The minimum Gasteiger partial charge on any atom is -0.322 e. The van der Waals surface area contributed by atoms with Crippen molar-refractivity contribution >= 4 is 23.2 Å². The summed E-state index contributed by atoms with van der Waals surface area (Å²) in [6.07, 6.45) is 0. The first kappa shape index (κ1) is 21.6. The molecule has 160 valence electrons. The van der Waals surface area contributed by atoms with Crippen LogP contribution in [0.1, 0.15) is 27.0 Å². The zero-order valence-corrected chi connectivity index (χ0v) is 18.6. The molecule has 1 aliphatic heterocycles. The molecule has 5 heteroatoms. The molecule has 0 saturated carbocycles. The maximum atomic E-state index is 12.6. The first-order valence-electron chi connectivity index (χ1n) is 10.7. The summed E-state index contributed by atoms with van der Waals surface area (Å²) >= 11 is 6.15. The van der Waals surface area contributed by atoms with E-state index in [0.29, 0.717) is 10.6 Å². The molecule has 1 fully saturated rings. The molecule has 1 saturated heterocycles. The van der Waals surface area contributed by atoms with Gasteiger partial charge in [0, 0.05) is 55.5 Å². The van der Waals surface area contributed by atoms with Gasteiger partial charge in [-0.05, 0) is 47.9 Å². The number of nitrogens with one attached hydrogen (secondary N) is 1. The molecule has 0 aliphatic carbocycles. The van der Waals surface area contributed by atoms with Crippen molar-refractivity contribution < 1.29 is 4.79 Å². The van der Waals surface area contributed by atoms with E-state index in [1.165, 1.54) is 11.1 Å². The highest BCUT2D eigenvalue weighted by molar-refractivity contribution is 6.31. The fraction of sp³-hybridized carbons (Fsp3) is 0.269. The van der Waals surface area contributed by atoms with Crippen molar-refractivity contribution in [1.82, 2.24) is 9.80 Å². The van der Waals surface area contributed by atoms with Gasteiger partial charge in [0.05, 0.1) is 0 Å². The van der Waals surface area contributed by atoms with Crippen molar-refractivity contribution in [1.29, 1.82) is 0 Å². The largest absolute Gasteiger partial charge is 0.322 e. The first-order valence-corrected chi connectivity index (χ1v) is 11.1. The number of carbonyl (C=O) groups is 1. The van der Waals surface area contributed by atoms with Crippen molar-refractivity contribution in [2.24, 2.45) is 0 Å². The van der Waals surface area contributed by atoms with Gasteiger partial charge in [0.15, 0.2) is 0 Å². The second-order valence-electron chi connectivity index (χ2n) is 8.10. The summed E-state index contributed by atoms with van der Waals surface area (Å²) in [6, 6.07) is 24.1. The lowest BCUT2D eigenvalue weighted by molar-refractivity contribution is 0.102. The molecule has 3 aromatic carbocycles. The highest BCUT2D eigenvalue weighted by Gasteiger charge is 2.17. The molecule has 0 bridgehead atoms. The lowest BCUT2D eigenvalue weighted by atomic mass is 10.1. The smallest absolute Gasteiger partial charge is 0.255 e. The van der Waals surface area contributed by atoms with Crippen LogP contribution in [0.15, 0.2) is 72.8 Å². The topological polar surface area (TPSA) is 35.6 Å². The number of rotatable bonds is 6. The van der Waals surface area contributed by atoms with Gasteiger partial charge in [-0.15, -0.1) is 0 Å². The number of benzene rings is 3. The van der Waals surface area contributed by atoms with Crippen LogP contribution in [0.2, 0.25) is 5.02 Å². The van der Waals surface area contributed by atoms with Crippen LogP contribution in [0, 0.1) is 6.92 Å². The Morgan fingerprint density at radius 1 is 0.806 bits per heavy atom. The zero-order chi connectivity index (χ0) is 21.6. The quantitative estimate of drug-likeness (QED) is 0.579. The van der Waals surface area contributed by atoms with Crippen LogP contribution in [0.25, 0.3) is 0 Å². The monoisotopic (exact) mass is 433 g/mol. The van der Waals surface area contributed by atoms with Crippen LogP contribution in [-0.2, 0) is 13.1 Å². The summed E-state index contributed by atoms with van der Waals surface area (Å²) in [5.41, 5.74) is 4.87. The van der Waals surface area contributed by atoms with Crippen LogP contribution in [0.3, 0.4) is 0 Å². The first-order chi connectivity index (χ1) is 15.1. The summed E-state index contributed by atoms with van der Waals surface area (Å²) in [5.74, 6) is -0.119. The molecular formula is C26H28ClN3O. The van der Waals surface area contributed by atoms with E-state index in [0.717, 1.165) is 50.5 Å². The summed E-state index contributed by atoms with van der Waals surface area (Å²) in [5, 5.41) is 3.60. The predicted molar refractivity (Wildman–Crippen MR) is 128 cm³/mol. The Morgan fingerprint density at radius 3 is 2.00 bits per heavy atom. The van der Waals surface area contributed by atoms with E-state index in [1.807, 2.05) is 37.3 Å². The van der Waals surface area contributed by atoms with Gasteiger partial charge >= 0.3 is 0 Å². The average molecular weight is 434 g/mol. The molecule has 0 spiro atoms. The minimum atomic E-state index is -0.119. The minimum absolute atomic E-state index is 0.119. The molecule has 4 nitrogen and oxygen atoms in total. The van der Waals surface area contributed by atoms with E-state index >= 15 is 0 Å². The molecular weight excluding hydrogens is 406 g/mol. The number of nitrogens with zero attached hydrogens (tertiary/aromatic N) is 2. The summed E-state index contributed by atoms with van der Waals surface area (Å²) in [4.78, 5) is 17.6. The number of carbonyl (C=O) groups excluding carboxylic acids is 1. The Morgan fingerprint density at radius 2 is 1.39 bits per heavy atom. The van der Waals surface area contributed by atoms with Crippen molar-refractivity contribution in [3.63, 3.8) is 0 Å². The van der Waals surface area contributed by atoms with E-state index < -0.39 is 0 Å². The Labute approximate surface area is 189 Å². The fourth-order valence-electron chi connectivity index (χ4n) is 3.90. The van der Waals surface area contributed by atoms with Gasteiger partial charge in [0.1, 0.15) is 0 Å². The number of halogens is 1. The highest BCUT2D eigenvalue weighted by Crippen LogP contribution is 2.23. The van der Waals surface area contributed by atoms with Crippen molar-refractivity contribution in [3.05, 3.63) is 100 Å². The lowest BCUT2D eigenvalue weighted by Gasteiger charge is -2.34. The van der Waals surface area contributed by atoms with E-state index in [-0.39, 0.29) is 5.91 Å². The maximum absolute atomic E-state index is 12.6. The standard InChI is InChI=1S/C26H28ClN3O/c1-20-24(27)8-5-9-25(20)28-26(31)23-12-10-22(11-13-23)19-30-16-14-29(15-17-30)18-21-6-3-2-4-7-21/h2-13H,14-19H2,1H3,(H,28,31). The van der Waals surface area contributed by atoms with E-state index in [1.54, 1.807) is 0 Å². The molecule has 1 heterocycles. The van der Waals surface area contributed by atoms with Gasteiger partial charge in [0.25, 0.3) is 5.91 Å². The van der Waals surface area contributed by atoms with Crippen molar-refractivity contribution in [3.8, 4) is 0 Å². The van der Waals surface area contributed by atoms with Crippen LogP contribution in [0.5, 0.6) is 0 Å². The number of piperazine rings is 1. The summed E-state index contributed by atoms with van der Waals surface area (Å²) < 4.78 is 0. The van der Waals surface area contributed by atoms with Gasteiger partial charge in [0.2, 0.25) is 0 Å². The molecule has 1 aliphatic rings. The van der Waals surface area contributed by atoms with Crippen LogP contribution in [-0.4, -0.2) is 41.9 Å². The van der Waals surface area contributed by atoms with Gasteiger partial charge in [-0.1, -0.05) is 60.1 Å². The second kappa shape index (κ2) is 10.1. The van der Waals surface area contributed by atoms with E-state index in [2.05, 4.69) is 57.6 Å². The van der Waals surface area contributed by atoms with Crippen LogP contribution >= 0.6 is 11.6 Å². The van der Waals surface area contributed by atoms with Crippen molar-refractivity contribution in [2.75, 3.05) is 31.5 Å². The van der Waals surface area contributed by atoms with Crippen LogP contribution < -0.4 is 5.32 Å². The molecule has 1 N–H and O–H groups in total. The SMILES string of the molecule is Cc1c(Cl)cccc1NC(=O)c1ccc(CN2CCN(Cc3ccccc3)CC2)cc1. The third-order valence-corrected chi connectivity index (χ3v) is 6.26. The number of hydrogen-bond donors (Lipinski definition) is 1. The number of anilines is 1. The van der Waals surface area contributed by atoms with Gasteiger partial charge in [-0.2, -0.15) is 0 Å². The Hall–Kier alpha value is -2.66.